The van der Waals surface area contributed by atoms with Crippen LogP contribution in [0.25, 0.3) is 11.1 Å². The van der Waals surface area contributed by atoms with Crippen LogP contribution in [0.2, 0.25) is 0 Å². The third-order valence-corrected chi connectivity index (χ3v) is 2.68. The van der Waals surface area contributed by atoms with Gasteiger partial charge in [-0.3, -0.25) is 0 Å². The first-order chi connectivity index (χ1) is 7.16. The molecule has 2 N–H and O–H groups in total. The first-order valence-corrected chi connectivity index (χ1v) is 5.24. The number of halogens is 1. The first-order valence-electron chi connectivity index (χ1n) is 4.45. The highest BCUT2D eigenvalue weighted by molar-refractivity contribution is 9.10. The average Bonchev–Trinajstić information content (AvgIpc) is 2.23. The summed E-state index contributed by atoms with van der Waals surface area (Å²) in [7, 11) is 0. The summed E-state index contributed by atoms with van der Waals surface area (Å²) in [6.07, 6.45) is 0. The van der Waals surface area contributed by atoms with Crippen LogP contribution in [0.15, 0.2) is 46.9 Å². The van der Waals surface area contributed by atoms with Crippen LogP contribution < -0.4 is 0 Å². The largest absolute Gasteiger partial charge is 0.504 e. The Morgan fingerprint density at radius 3 is 1.93 bits per heavy atom. The Hall–Kier alpha value is -1.48. The van der Waals surface area contributed by atoms with E-state index in [9.17, 15) is 10.2 Å². The number of benzene rings is 2. The Labute approximate surface area is 95.9 Å². The third kappa shape index (κ3) is 2.13. The van der Waals surface area contributed by atoms with Gasteiger partial charge in [0.25, 0.3) is 0 Å². The zero-order chi connectivity index (χ0) is 10.8. The van der Waals surface area contributed by atoms with Gasteiger partial charge in [0.2, 0.25) is 0 Å². The molecule has 2 rings (SSSR count). The van der Waals surface area contributed by atoms with Gasteiger partial charge in [-0.25, -0.2) is 0 Å². The van der Waals surface area contributed by atoms with Crippen molar-refractivity contribution in [1.29, 1.82) is 0 Å². The van der Waals surface area contributed by atoms with E-state index in [1.807, 2.05) is 24.3 Å². The van der Waals surface area contributed by atoms with Gasteiger partial charge in [-0.2, -0.15) is 0 Å². The van der Waals surface area contributed by atoms with Gasteiger partial charge < -0.3 is 10.2 Å². The molecule has 0 radical (unpaired) electrons. The summed E-state index contributed by atoms with van der Waals surface area (Å²) in [5.74, 6) is -0.203. The van der Waals surface area contributed by atoms with Crippen LogP contribution in [0.1, 0.15) is 0 Å². The topological polar surface area (TPSA) is 40.5 Å². The summed E-state index contributed by atoms with van der Waals surface area (Å²) in [5, 5.41) is 18.5. The molecule has 3 heteroatoms. The van der Waals surface area contributed by atoms with Crippen LogP contribution in [0, 0.1) is 0 Å². The van der Waals surface area contributed by atoms with Crippen molar-refractivity contribution in [3.8, 4) is 22.6 Å². The molecule has 0 aliphatic rings. The SMILES string of the molecule is Oc1ccc(-c2ccc(Br)cc2)cc1O. The van der Waals surface area contributed by atoms with Crippen molar-refractivity contribution in [2.45, 2.75) is 0 Å². The molecule has 0 unspecified atom stereocenters. The summed E-state index contributed by atoms with van der Waals surface area (Å²) in [4.78, 5) is 0. The lowest BCUT2D eigenvalue weighted by Crippen LogP contribution is -1.77. The molecule has 15 heavy (non-hydrogen) atoms. The Bertz CT molecular complexity index is 477. The second-order valence-electron chi connectivity index (χ2n) is 3.21. The smallest absolute Gasteiger partial charge is 0.158 e. The minimum Gasteiger partial charge on any atom is -0.504 e. The van der Waals surface area contributed by atoms with Gasteiger partial charge in [-0.05, 0) is 35.4 Å². The highest BCUT2D eigenvalue weighted by Crippen LogP contribution is 2.30. The molecule has 2 nitrogen and oxygen atoms in total. The van der Waals surface area contributed by atoms with E-state index in [4.69, 9.17) is 0 Å². The highest BCUT2D eigenvalue weighted by atomic mass is 79.9. The number of phenolic OH excluding ortho intramolecular Hbond substituents is 2. The standard InChI is InChI=1S/C12H9BrO2/c13-10-4-1-8(2-5-10)9-3-6-11(14)12(15)7-9/h1-7,14-15H. The normalized spacial score (nSPS) is 10.2. The number of aromatic hydroxyl groups is 2. The zero-order valence-electron chi connectivity index (χ0n) is 7.81. The molecule has 0 saturated heterocycles. The molecular weight excluding hydrogens is 256 g/mol. The molecule has 0 bridgehead atoms. The predicted octanol–water partition coefficient (Wildman–Crippen LogP) is 3.53. The molecule has 0 aliphatic carbocycles. The van der Waals surface area contributed by atoms with Gasteiger partial charge >= 0.3 is 0 Å². The summed E-state index contributed by atoms with van der Waals surface area (Å²) in [6, 6.07) is 12.5. The Morgan fingerprint density at radius 1 is 0.733 bits per heavy atom. The average molecular weight is 265 g/mol. The Balaban J connectivity index is 2.45. The van der Waals surface area contributed by atoms with E-state index in [-0.39, 0.29) is 11.5 Å². The van der Waals surface area contributed by atoms with Gasteiger partial charge in [0.15, 0.2) is 11.5 Å². The fourth-order valence-corrected chi connectivity index (χ4v) is 1.61. The second kappa shape index (κ2) is 3.95. The van der Waals surface area contributed by atoms with E-state index >= 15 is 0 Å². The van der Waals surface area contributed by atoms with Crippen LogP contribution in [0.3, 0.4) is 0 Å². The van der Waals surface area contributed by atoms with Crippen LogP contribution in [-0.4, -0.2) is 10.2 Å². The van der Waals surface area contributed by atoms with Crippen molar-refractivity contribution in [1.82, 2.24) is 0 Å². The fourth-order valence-electron chi connectivity index (χ4n) is 1.35. The molecular formula is C12H9BrO2. The van der Waals surface area contributed by atoms with Crippen LogP contribution in [-0.2, 0) is 0 Å². The van der Waals surface area contributed by atoms with Gasteiger partial charge in [0.1, 0.15) is 0 Å². The summed E-state index contributed by atoms with van der Waals surface area (Å²) >= 11 is 3.35. The number of hydrogen-bond acceptors (Lipinski definition) is 2. The van der Waals surface area contributed by atoms with Crippen LogP contribution >= 0.6 is 15.9 Å². The minimum atomic E-state index is -0.101. The summed E-state index contributed by atoms with van der Waals surface area (Å²) in [6.45, 7) is 0. The molecule has 0 spiro atoms. The molecule has 0 aromatic heterocycles. The van der Waals surface area contributed by atoms with Crippen LogP contribution in [0.4, 0.5) is 0 Å². The molecule has 0 saturated carbocycles. The Kier molecular flexibility index (Phi) is 2.64. The molecule has 0 amide bonds. The lowest BCUT2D eigenvalue weighted by molar-refractivity contribution is 0.404. The van der Waals surface area contributed by atoms with E-state index in [1.54, 1.807) is 12.1 Å². The molecule has 2 aromatic rings. The van der Waals surface area contributed by atoms with Crippen molar-refractivity contribution in [3.05, 3.63) is 46.9 Å². The molecule has 0 heterocycles. The summed E-state index contributed by atoms with van der Waals surface area (Å²) in [5.41, 5.74) is 1.87. The molecule has 2 aromatic carbocycles. The van der Waals surface area contributed by atoms with E-state index in [0.717, 1.165) is 15.6 Å². The van der Waals surface area contributed by atoms with E-state index < -0.39 is 0 Å². The summed E-state index contributed by atoms with van der Waals surface area (Å²) < 4.78 is 1.01. The maximum Gasteiger partial charge on any atom is 0.158 e. The molecule has 0 aliphatic heterocycles. The maximum absolute atomic E-state index is 9.36. The number of hydrogen-bond donors (Lipinski definition) is 2. The lowest BCUT2D eigenvalue weighted by atomic mass is 10.1. The highest BCUT2D eigenvalue weighted by Gasteiger charge is 2.02. The van der Waals surface area contributed by atoms with Gasteiger partial charge in [-0.15, -0.1) is 0 Å². The quantitative estimate of drug-likeness (QED) is 0.774. The Morgan fingerprint density at radius 2 is 1.33 bits per heavy atom. The van der Waals surface area contributed by atoms with Gasteiger partial charge in [-0.1, -0.05) is 34.1 Å². The minimum absolute atomic E-state index is 0.101. The van der Waals surface area contributed by atoms with Crippen molar-refractivity contribution in [2.24, 2.45) is 0 Å². The van der Waals surface area contributed by atoms with Crippen LogP contribution in [0.5, 0.6) is 11.5 Å². The first kappa shape index (κ1) is 10.1. The third-order valence-electron chi connectivity index (χ3n) is 2.15. The van der Waals surface area contributed by atoms with Crippen molar-refractivity contribution in [3.63, 3.8) is 0 Å². The second-order valence-corrected chi connectivity index (χ2v) is 4.13. The molecule has 0 fully saturated rings. The van der Waals surface area contributed by atoms with Gasteiger partial charge in [0.05, 0.1) is 0 Å². The van der Waals surface area contributed by atoms with E-state index in [1.165, 1.54) is 6.07 Å². The molecule has 76 valence electrons. The monoisotopic (exact) mass is 264 g/mol. The van der Waals surface area contributed by atoms with Crippen molar-refractivity contribution >= 4 is 15.9 Å². The maximum atomic E-state index is 9.36. The zero-order valence-corrected chi connectivity index (χ0v) is 9.40. The van der Waals surface area contributed by atoms with E-state index in [0.29, 0.717) is 0 Å². The van der Waals surface area contributed by atoms with Crippen molar-refractivity contribution < 1.29 is 10.2 Å². The fraction of sp³-hybridized carbons (Fsp3) is 0. The number of phenols is 2. The van der Waals surface area contributed by atoms with Crippen molar-refractivity contribution in [2.75, 3.05) is 0 Å². The number of rotatable bonds is 1. The lowest BCUT2D eigenvalue weighted by Gasteiger charge is -2.03. The van der Waals surface area contributed by atoms with Gasteiger partial charge in [0, 0.05) is 4.47 Å². The van der Waals surface area contributed by atoms with E-state index in [2.05, 4.69) is 15.9 Å². The molecule has 0 atom stereocenters. The predicted molar refractivity (Wildman–Crippen MR) is 62.9 cm³/mol.